The van der Waals surface area contributed by atoms with E-state index in [1.54, 1.807) is 61.7 Å². The smallest absolute Gasteiger partial charge is 0.253 e. The number of anilines is 1. The summed E-state index contributed by atoms with van der Waals surface area (Å²) in [5, 5.41) is 5.65. The fraction of sp³-hybridized carbons (Fsp3) is 0.200. The van der Waals surface area contributed by atoms with Crippen molar-refractivity contribution >= 4 is 17.5 Å². The minimum atomic E-state index is -0.297. The van der Waals surface area contributed by atoms with Crippen LogP contribution in [-0.2, 0) is 17.6 Å². The Bertz CT molecular complexity index is 1080. The molecule has 0 aliphatic heterocycles. The fourth-order valence-corrected chi connectivity index (χ4v) is 3.23. The van der Waals surface area contributed by atoms with E-state index in [0.717, 1.165) is 11.1 Å². The molecule has 0 aliphatic carbocycles. The normalized spacial score (nSPS) is 10.3. The van der Waals surface area contributed by atoms with Crippen molar-refractivity contribution in [3.8, 4) is 11.5 Å². The molecule has 7 heteroatoms. The summed E-state index contributed by atoms with van der Waals surface area (Å²) in [6.45, 7) is 0.387. The molecular formula is C25H25FN2O4. The van der Waals surface area contributed by atoms with Crippen molar-refractivity contribution in [1.82, 2.24) is 5.32 Å². The minimum absolute atomic E-state index is 0.112. The van der Waals surface area contributed by atoms with E-state index in [9.17, 15) is 14.0 Å². The fourth-order valence-electron chi connectivity index (χ4n) is 3.23. The Morgan fingerprint density at radius 1 is 0.875 bits per heavy atom. The molecule has 0 aliphatic rings. The van der Waals surface area contributed by atoms with Crippen molar-refractivity contribution in [2.75, 3.05) is 26.1 Å². The molecule has 0 radical (unpaired) electrons. The maximum atomic E-state index is 13.0. The number of amides is 2. The van der Waals surface area contributed by atoms with E-state index in [1.807, 2.05) is 0 Å². The van der Waals surface area contributed by atoms with Gasteiger partial charge in [0, 0.05) is 6.54 Å². The van der Waals surface area contributed by atoms with Crippen LogP contribution in [0.15, 0.2) is 66.7 Å². The molecule has 2 amide bonds. The molecule has 3 aromatic rings. The van der Waals surface area contributed by atoms with Crippen molar-refractivity contribution in [3.05, 3.63) is 89.2 Å². The third kappa shape index (κ3) is 6.07. The minimum Gasteiger partial charge on any atom is -0.493 e. The van der Waals surface area contributed by atoms with Gasteiger partial charge in [0.15, 0.2) is 11.5 Å². The van der Waals surface area contributed by atoms with Crippen LogP contribution in [0.25, 0.3) is 0 Å². The van der Waals surface area contributed by atoms with Gasteiger partial charge in [-0.1, -0.05) is 30.3 Å². The van der Waals surface area contributed by atoms with Crippen molar-refractivity contribution in [3.63, 3.8) is 0 Å². The first-order chi connectivity index (χ1) is 15.5. The highest BCUT2D eigenvalue weighted by Crippen LogP contribution is 2.28. The van der Waals surface area contributed by atoms with Crippen LogP contribution in [0.2, 0.25) is 0 Å². The van der Waals surface area contributed by atoms with E-state index in [4.69, 9.17) is 9.47 Å². The molecule has 0 atom stereocenters. The molecule has 0 spiro atoms. The van der Waals surface area contributed by atoms with Crippen LogP contribution in [0.5, 0.6) is 11.5 Å². The number of hydrogen-bond acceptors (Lipinski definition) is 4. The van der Waals surface area contributed by atoms with Crippen LogP contribution < -0.4 is 20.1 Å². The Morgan fingerprint density at radius 2 is 1.56 bits per heavy atom. The van der Waals surface area contributed by atoms with E-state index < -0.39 is 0 Å². The maximum Gasteiger partial charge on any atom is 0.253 e. The third-order valence-corrected chi connectivity index (χ3v) is 4.87. The second kappa shape index (κ2) is 10.9. The lowest BCUT2D eigenvalue weighted by Gasteiger charge is -2.12. The molecule has 0 bridgehead atoms. The Labute approximate surface area is 186 Å². The average molecular weight is 436 g/mol. The molecular weight excluding hydrogens is 411 g/mol. The number of hydrogen-bond donors (Lipinski definition) is 2. The van der Waals surface area contributed by atoms with Gasteiger partial charge < -0.3 is 20.1 Å². The highest BCUT2D eigenvalue weighted by molar-refractivity contribution is 6.04. The van der Waals surface area contributed by atoms with E-state index in [-0.39, 0.29) is 24.1 Å². The summed E-state index contributed by atoms with van der Waals surface area (Å²) in [7, 11) is 3.08. The number of rotatable bonds is 9. The van der Waals surface area contributed by atoms with Crippen LogP contribution in [0.3, 0.4) is 0 Å². The van der Waals surface area contributed by atoms with Gasteiger partial charge in [-0.15, -0.1) is 0 Å². The second-order valence-corrected chi connectivity index (χ2v) is 7.09. The van der Waals surface area contributed by atoms with Gasteiger partial charge in [-0.3, -0.25) is 9.59 Å². The number of carbonyl (C=O) groups excluding carboxylic acids is 2. The highest BCUT2D eigenvalue weighted by Gasteiger charge is 2.14. The first-order valence-electron chi connectivity index (χ1n) is 10.1. The molecule has 0 fully saturated rings. The molecule has 0 aromatic heterocycles. The number of nitrogens with one attached hydrogen (secondary N) is 2. The van der Waals surface area contributed by atoms with E-state index in [0.29, 0.717) is 35.7 Å². The van der Waals surface area contributed by atoms with Gasteiger partial charge in [0.2, 0.25) is 5.91 Å². The summed E-state index contributed by atoms with van der Waals surface area (Å²) in [6.07, 6.45) is 0.681. The Kier molecular flexibility index (Phi) is 7.80. The quantitative estimate of drug-likeness (QED) is 0.532. The predicted octanol–water partition coefficient (Wildman–Crippen LogP) is 4.00. The number of benzene rings is 3. The molecule has 0 saturated heterocycles. The van der Waals surface area contributed by atoms with Crippen molar-refractivity contribution in [2.45, 2.75) is 12.8 Å². The zero-order valence-corrected chi connectivity index (χ0v) is 18.0. The predicted molar refractivity (Wildman–Crippen MR) is 121 cm³/mol. The van der Waals surface area contributed by atoms with Gasteiger partial charge in [-0.2, -0.15) is 0 Å². The number of para-hydroxylation sites is 1. The lowest BCUT2D eigenvalue weighted by molar-refractivity contribution is -0.115. The summed E-state index contributed by atoms with van der Waals surface area (Å²) < 4.78 is 23.5. The van der Waals surface area contributed by atoms with Crippen molar-refractivity contribution < 1.29 is 23.5 Å². The largest absolute Gasteiger partial charge is 0.493 e. The summed E-state index contributed by atoms with van der Waals surface area (Å²) in [5.74, 6) is 0.270. The topological polar surface area (TPSA) is 76.7 Å². The highest BCUT2D eigenvalue weighted by atomic mass is 19.1. The molecule has 6 nitrogen and oxygen atoms in total. The lowest BCUT2D eigenvalue weighted by Crippen LogP contribution is -2.27. The summed E-state index contributed by atoms with van der Waals surface area (Å²) in [4.78, 5) is 25.2. The number of ether oxygens (including phenoxy) is 2. The van der Waals surface area contributed by atoms with Crippen molar-refractivity contribution in [2.24, 2.45) is 0 Å². The Hall–Kier alpha value is -3.87. The number of halogens is 1. The van der Waals surface area contributed by atoms with E-state index >= 15 is 0 Å². The summed E-state index contributed by atoms with van der Waals surface area (Å²) in [5.41, 5.74) is 2.47. The third-order valence-electron chi connectivity index (χ3n) is 4.87. The number of methoxy groups -OCH3 is 2. The first kappa shape index (κ1) is 22.8. The van der Waals surface area contributed by atoms with Gasteiger partial charge in [0.25, 0.3) is 5.91 Å². The van der Waals surface area contributed by atoms with Gasteiger partial charge in [-0.25, -0.2) is 4.39 Å². The van der Waals surface area contributed by atoms with E-state index in [1.165, 1.54) is 19.2 Å². The monoisotopic (exact) mass is 436 g/mol. The molecule has 2 N–H and O–H groups in total. The lowest BCUT2D eigenvalue weighted by atomic mass is 10.1. The molecule has 3 rings (SSSR count). The maximum absolute atomic E-state index is 13.0. The van der Waals surface area contributed by atoms with Crippen LogP contribution >= 0.6 is 0 Å². The van der Waals surface area contributed by atoms with Crippen LogP contribution in [0.4, 0.5) is 10.1 Å². The van der Waals surface area contributed by atoms with Gasteiger partial charge >= 0.3 is 0 Å². The first-order valence-corrected chi connectivity index (χ1v) is 10.1. The zero-order chi connectivity index (χ0) is 22.9. The molecule has 166 valence electrons. The molecule has 0 saturated carbocycles. The molecule has 0 unspecified atom stereocenters. The van der Waals surface area contributed by atoms with Crippen molar-refractivity contribution in [1.29, 1.82) is 0 Å². The second-order valence-electron chi connectivity index (χ2n) is 7.09. The Morgan fingerprint density at radius 3 is 2.28 bits per heavy atom. The average Bonchev–Trinajstić information content (AvgIpc) is 2.80. The Balaban J connectivity index is 1.61. The zero-order valence-electron chi connectivity index (χ0n) is 18.0. The SMILES string of the molecule is COc1ccc(CC(=O)Nc2ccccc2C(=O)NCCc2ccc(F)cc2)cc1OC. The summed E-state index contributed by atoms with van der Waals surface area (Å²) >= 11 is 0. The van der Waals surface area contributed by atoms with Crippen LogP contribution in [0, 0.1) is 5.82 Å². The van der Waals surface area contributed by atoms with Gasteiger partial charge in [0.1, 0.15) is 5.82 Å². The van der Waals surface area contributed by atoms with E-state index in [2.05, 4.69) is 10.6 Å². The number of carbonyl (C=O) groups is 2. The standard InChI is InChI=1S/C25H25FN2O4/c1-31-22-12-9-18(15-23(22)32-2)16-24(29)28-21-6-4-3-5-20(21)25(30)27-14-13-17-7-10-19(26)11-8-17/h3-12,15H,13-14,16H2,1-2H3,(H,27,30)(H,28,29). The molecule has 32 heavy (non-hydrogen) atoms. The van der Waals surface area contributed by atoms with Gasteiger partial charge in [-0.05, 0) is 53.9 Å². The van der Waals surface area contributed by atoms with Crippen LogP contribution in [-0.4, -0.2) is 32.6 Å². The molecule has 0 heterocycles. The van der Waals surface area contributed by atoms with Gasteiger partial charge in [0.05, 0.1) is 31.9 Å². The van der Waals surface area contributed by atoms with Crippen LogP contribution in [0.1, 0.15) is 21.5 Å². The summed E-state index contributed by atoms with van der Waals surface area (Å²) in [6, 6.07) is 18.2. The molecule has 3 aromatic carbocycles.